The van der Waals surface area contributed by atoms with E-state index in [1.54, 1.807) is 12.5 Å². The van der Waals surface area contributed by atoms with Crippen LogP contribution in [0.1, 0.15) is 0 Å². The van der Waals surface area contributed by atoms with Crippen LogP contribution in [0.3, 0.4) is 0 Å². The van der Waals surface area contributed by atoms with Crippen molar-refractivity contribution in [1.82, 2.24) is 9.55 Å². The van der Waals surface area contributed by atoms with Crippen molar-refractivity contribution >= 4 is 12.0 Å². The summed E-state index contributed by atoms with van der Waals surface area (Å²) in [4.78, 5) is 4.79. The molecule has 0 aliphatic carbocycles. The first-order valence-corrected chi connectivity index (χ1v) is 4.57. The van der Waals surface area contributed by atoms with Crippen LogP contribution in [0.4, 0.5) is 0 Å². The van der Waals surface area contributed by atoms with Gasteiger partial charge in [-0.15, -0.1) is 0 Å². The molecular weight excluding hydrogens is 184 g/mol. The molecule has 3 nitrogen and oxygen atoms in total. The third-order valence-corrected chi connectivity index (χ3v) is 2.23. The summed E-state index contributed by atoms with van der Waals surface area (Å²) in [6.07, 6.45) is 5.34. The maximum Gasteiger partial charge on any atom is 0.0991 e. The Morgan fingerprint density at radius 2 is 2.00 bits per heavy atom. The molecule has 4 heteroatoms. The number of hydrogen-bond donors (Lipinski definition) is 1. The van der Waals surface area contributed by atoms with E-state index in [9.17, 15) is 0 Å². The molecule has 2 rings (SSSR count). The third kappa shape index (κ3) is 1.74. The molecule has 0 aliphatic rings. The lowest BCUT2D eigenvalue weighted by Crippen LogP contribution is -1.88. The second-order valence-electron chi connectivity index (χ2n) is 2.56. The predicted molar refractivity (Wildman–Crippen MR) is 52.0 cm³/mol. The molecule has 1 heterocycles. The van der Waals surface area contributed by atoms with Crippen molar-refractivity contribution in [1.29, 1.82) is 0 Å². The van der Waals surface area contributed by atoms with E-state index >= 15 is 0 Å². The summed E-state index contributed by atoms with van der Waals surface area (Å²) in [5.41, 5.74) is 1.04. The van der Waals surface area contributed by atoms with Crippen molar-refractivity contribution in [3.63, 3.8) is 0 Å². The van der Waals surface area contributed by atoms with Crippen molar-refractivity contribution in [2.75, 3.05) is 0 Å². The molecule has 0 amide bonds. The predicted octanol–water partition coefficient (Wildman–Crippen LogP) is 2.44. The van der Waals surface area contributed by atoms with Crippen LogP contribution < -0.4 is 0 Å². The number of hydrogen-bond acceptors (Lipinski definition) is 3. The van der Waals surface area contributed by atoms with Gasteiger partial charge in [-0.1, -0.05) is 0 Å². The molecule has 0 fully saturated rings. The fraction of sp³-hybridized carbons (Fsp3) is 0. The third-order valence-electron chi connectivity index (χ3n) is 1.74. The Labute approximate surface area is 80.3 Å². The minimum absolute atomic E-state index is 0.750. The Hall–Kier alpha value is -1.26. The van der Waals surface area contributed by atoms with E-state index in [0.29, 0.717) is 0 Å². The SMILES string of the molecule is OSc1ccc(-n2ccnc2)cc1. The Morgan fingerprint density at radius 1 is 1.23 bits per heavy atom. The summed E-state index contributed by atoms with van der Waals surface area (Å²) in [7, 11) is 0. The quantitative estimate of drug-likeness (QED) is 0.743. The number of benzene rings is 1. The molecule has 13 heavy (non-hydrogen) atoms. The van der Waals surface area contributed by atoms with Crippen LogP contribution in [0, 0.1) is 0 Å². The van der Waals surface area contributed by atoms with Gasteiger partial charge in [0.15, 0.2) is 0 Å². The van der Waals surface area contributed by atoms with Gasteiger partial charge in [-0.3, -0.25) is 0 Å². The van der Waals surface area contributed by atoms with Crippen molar-refractivity contribution in [3.8, 4) is 5.69 Å². The highest BCUT2D eigenvalue weighted by Gasteiger charge is 1.95. The molecule has 1 aromatic carbocycles. The Bertz CT molecular complexity index is 369. The summed E-state index contributed by atoms with van der Waals surface area (Å²) in [5.74, 6) is 0. The fourth-order valence-electron chi connectivity index (χ4n) is 1.09. The lowest BCUT2D eigenvalue weighted by Gasteiger charge is -2.01. The summed E-state index contributed by atoms with van der Waals surface area (Å²) in [5, 5.41) is 0. The van der Waals surface area contributed by atoms with E-state index in [1.165, 1.54) is 0 Å². The van der Waals surface area contributed by atoms with E-state index in [4.69, 9.17) is 4.55 Å². The van der Waals surface area contributed by atoms with Gasteiger partial charge < -0.3 is 9.12 Å². The molecule has 2 aromatic rings. The zero-order valence-electron chi connectivity index (χ0n) is 6.79. The number of nitrogens with zero attached hydrogens (tertiary/aromatic N) is 2. The van der Waals surface area contributed by atoms with Crippen LogP contribution in [0.15, 0.2) is 47.9 Å². The van der Waals surface area contributed by atoms with Crippen LogP contribution in [0.25, 0.3) is 5.69 Å². The molecule has 1 N–H and O–H groups in total. The highest BCUT2D eigenvalue weighted by atomic mass is 32.2. The average molecular weight is 192 g/mol. The first kappa shape index (κ1) is 8.34. The van der Waals surface area contributed by atoms with Crippen LogP contribution in [-0.4, -0.2) is 14.1 Å². The lowest BCUT2D eigenvalue weighted by molar-refractivity contribution is 0.664. The van der Waals surface area contributed by atoms with Crippen LogP contribution >= 0.6 is 12.0 Å². The lowest BCUT2D eigenvalue weighted by atomic mass is 10.3. The Balaban J connectivity index is 2.33. The molecule has 0 saturated heterocycles. The van der Waals surface area contributed by atoms with Crippen LogP contribution in [-0.2, 0) is 0 Å². The second kappa shape index (κ2) is 3.64. The Morgan fingerprint density at radius 3 is 2.54 bits per heavy atom. The summed E-state index contributed by atoms with van der Waals surface area (Å²) in [6.45, 7) is 0. The van der Waals surface area contributed by atoms with E-state index in [-0.39, 0.29) is 0 Å². The monoisotopic (exact) mass is 192 g/mol. The zero-order valence-corrected chi connectivity index (χ0v) is 7.61. The van der Waals surface area contributed by atoms with Crippen LogP contribution in [0.2, 0.25) is 0 Å². The van der Waals surface area contributed by atoms with E-state index < -0.39 is 0 Å². The van der Waals surface area contributed by atoms with Gasteiger partial charge in [0.25, 0.3) is 0 Å². The van der Waals surface area contributed by atoms with Gasteiger partial charge in [-0.25, -0.2) is 4.98 Å². The molecular formula is C9H8N2OS. The van der Waals surface area contributed by atoms with Gasteiger partial charge in [-0.2, -0.15) is 0 Å². The van der Waals surface area contributed by atoms with Gasteiger partial charge in [0.1, 0.15) is 0 Å². The van der Waals surface area contributed by atoms with Gasteiger partial charge >= 0.3 is 0 Å². The smallest absolute Gasteiger partial charge is 0.0991 e. The van der Waals surface area contributed by atoms with Gasteiger partial charge in [0.2, 0.25) is 0 Å². The maximum absolute atomic E-state index is 8.76. The molecule has 0 unspecified atom stereocenters. The number of aromatic nitrogens is 2. The van der Waals surface area contributed by atoms with Crippen molar-refractivity contribution in [2.45, 2.75) is 4.90 Å². The minimum atomic E-state index is 0.750. The van der Waals surface area contributed by atoms with Gasteiger partial charge in [0.05, 0.1) is 6.33 Å². The van der Waals surface area contributed by atoms with Crippen LogP contribution in [0.5, 0.6) is 0 Å². The van der Waals surface area contributed by atoms with Crippen molar-refractivity contribution < 1.29 is 4.55 Å². The second-order valence-corrected chi connectivity index (χ2v) is 3.21. The minimum Gasteiger partial charge on any atom is -0.325 e. The van der Waals surface area contributed by atoms with E-state index in [1.807, 2.05) is 35.0 Å². The maximum atomic E-state index is 8.76. The zero-order chi connectivity index (χ0) is 9.10. The molecule has 0 atom stereocenters. The molecule has 1 aromatic heterocycles. The summed E-state index contributed by atoms with van der Waals surface area (Å²) in [6, 6.07) is 7.58. The molecule has 0 spiro atoms. The highest BCUT2D eigenvalue weighted by Crippen LogP contribution is 2.16. The molecule has 0 radical (unpaired) electrons. The topological polar surface area (TPSA) is 38.0 Å². The van der Waals surface area contributed by atoms with Gasteiger partial charge in [0, 0.05) is 35.0 Å². The highest BCUT2D eigenvalue weighted by molar-refractivity contribution is 7.93. The summed E-state index contributed by atoms with van der Waals surface area (Å²) >= 11 is 0.750. The number of imidazole rings is 1. The standard InChI is InChI=1S/C9H8N2OS/c12-13-9-3-1-8(2-4-9)11-6-5-10-7-11/h1-7,12H. The fourth-order valence-corrected chi connectivity index (χ4v) is 1.35. The normalized spacial score (nSPS) is 10.2. The van der Waals surface area contributed by atoms with E-state index in [0.717, 1.165) is 22.6 Å². The van der Waals surface area contributed by atoms with Gasteiger partial charge in [-0.05, 0) is 24.3 Å². The molecule has 66 valence electrons. The number of rotatable bonds is 2. The summed E-state index contributed by atoms with van der Waals surface area (Å²) < 4.78 is 10.7. The Kier molecular flexibility index (Phi) is 2.33. The molecule has 0 aliphatic heterocycles. The molecule has 0 saturated carbocycles. The van der Waals surface area contributed by atoms with E-state index in [2.05, 4.69) is 4.98 Å². The first-order chi connectivity index (χ1) is 6.40. The average Bonchev–Trinajstić information content (AvgIpc) is 2.71. The molecule has 0 bridgehead atoms. The largest absolute Gasteiger partial charge is 0.325 e. The van der Waals surface area contributed by atoms with Crippen molar-refractivity contribution in [3.05, 3.63) is 43.0 Å². The first-order valence-electron chi connectivity index (χ1n) is 3.80. The van der Waals surface area contributed by atoms with Crippen molar-refractivity contribution in [2.24, 2.45) is 0 Å².